The standard InChI is InChI=1S/C22H24N6/c1-15-7-16(9-23)11-27-22(15)28-6-5-21-18(14-28)8-17(12-26-21)19(10-24)13-25-20-3-2-4-20/h7-8,10-13,20H,2-6,14,24H2,1H3. The van der Waals surface area contributed by atoms with Gasteiger partial charge in [-0.15, -0.1) is 0 Å². The Morgan fingerprint density at radius 3 is 2.86 bits per heavy atom. The molecule has 0 atom stereocenters. The Morgan fingerprint density at radius 2 is 2.18 bits per heavy atom. The lowest BCUT2D eigenvalue weighted by atomic mass is 9.94. The minimum atomic E-state index is 0.446. The maximum Gasteiger partial charge on any atom is 0.131 e. The number of pyridine rings is 2. The second-order valence-corrected chi connectivity index (χ2v) is 7.46. The van der Waals surface area contributed by atoms with Crippen LogP contribution in [0.5, 0.6) is 0 Å². The maximum atomic E-state index is 9.06. The fourth-order valence-corrected chi connectivity index (χ4v) is 3.66. The number of fused-ring (bicyclic) bond motifs is 1. The Bertz CT molecular complexity index is 981. The highest BCUT2D eigenvalue weighted by Gasteiger charge is 2.21. The van der Waals surface area contributed by atoms with Gasteiger partial charge in [0, 0.05) is 67.2 Å². The molecule has 0 saturated heterocycles. The third-order valence-corrected chi connectivity index (χ3v) is 5.53. The van der Waals surface area contributed by atoms with Gasteiger partial charge < -0.3 is 10.6 Å². The van der Waals surface area contributed by atoms with Crippen molar-refractivity contribution in [2.45, 2.75) is 45.2 Å². The molecule has 1 aliphatic carbocycles. The minimum Gasteiger partial charge on any atom is -0.404 e. The topological polar surface area (TPSA) is 91.2 Å². The summed E-state index contributed by atoms with van der Waals surface area (Å²) in [4.78, 5) is 16.1. The molecule has 1 saturated carbocycles. The van der Waals surface area contributed by atoms with Crippen molar-refractivity contribution in [2.24, 2.45) is 10.7 Å². The molecule has 2 N–H and O–H groups in total. The van der Waals surface area contributed by atoms with Crippen molar-refractivity contribution in [3.63, 3.8) is 0 Å². The zero-order chi connectivity index (χ0) is 19.5. The molecule has 28 heavy (non-hydrogen) atoms. The van der Waals surface area contributed by atoms with E-state index in [2.05, 4.69) is 32.0 Å². The summed E-state index contributed by atoms with van der Waals surface area (Å²) in [5, 5.41) is 9.06. The first-order chi connectivity index (χ1) is 13.7. The van der Waals surface area contributed by atoms with Crippen LogP contribution in [0.3, 0.4) is 0 Å². The van der Waals surface area contributed by atoms with Gasteiger partial charge in [0.25, 0.3) is 0 Å². The minimum absolute atomic E-state index is 0.446. The summed E-state index contributed by atoms with van der Waals surface area (Å²) >= 11 is 0. The molecule has 3 heterocycles. The fraction of sp³-hybridized carbons (Fsp3) is 0.364. The Hall–Kier alpha value is -3.20. The molecule has 0 bridgehead atoms. The van der Waals surface area contributed by atoms with Crippen molar-refractivity contribution in [1.82, 2.24) is 9.97 Å². The number of allylic oxidation sites excluding steroid dienone is 1. The third-order valence-electron chi connectivity index (χ3n) is 5.53. The molecule has 2 aliphatic rings. The highest BCUT2D eigenvalue weighted by Crippen LogP contribution is 2.27. The van der Waals surface area contributed by atoms with E-state index >= 15 is 0 Å². The van der Waals surface area contributed by atoms with Crippen molar-refractivity contribution in [2.75, 3.05) is 11.4 Å². The molecule has 0 radical (unpaired) electrons. The van der Waals surface area contributed by atoms with E-state index in [1.54, 1.807) is 12.4 Å². The molecule has 6 nitrogen and oxygen atoms in total. The average Bonchev–Trinajstić information content (AvgIpc) is 2.69. The first-order valence-corrected chi connectivity index (χ1v) is 9.73. The lowest BCUT2D eigenvalue weighted by molar-refractivity contribution is 0.421. The van der Waals surface area contributed by atoms with Gasteiger partial charge in [-0.25, -0.2) is 4.98 Å². The molecular formula is C22H24N6. The number of aryl methyl sites for hydroxylation is 1. The predicted octanol–water partition coefficient (Wildman–Crippen LogP) is 3.14. The van der Waals surface area contributed by atoms with Gasteiger partial charge in [0.2, 0.25) is 0 Å². The Balaban J connectivity index is 1.57. The molecule has 1 aliphatic heterocycles. The molecule has 0 aromatic carbocycles. The zero-order valence-corrected chi connectivity index (χ0v) is 16.1. The number of nitrogens with two attached hydrogens (primary N) is 1. The van der Waals surface area contributed by atoms with Gasteiger partial charge in [0.15, 0.2) is 0 Å². The van der Waals surface area contributed by atoms with Crippen LogP contribution in [-0.4, -0.2) is 28.8 Å². The van der Waals surface area contributed by atoms with Crippen LogP contribution >= 0.6 is 0 Å². The SMILES string of the molecule is Cc1cc(C#N)cnc1N1CCc2ncc(C(C=NC3CCC3)=CN)cc2C1. The summed E-state index contributed by atoms with van der Waals surface area (Å²) in [5.74, 6) is 0.927. The summed E-state index contributed by atoms with van der Waals surface area (Å²) in [6.07, 6.45) is 11.5. The summed E-state index contributed by atoms with van der Waals surface area (Å²) in [6.45, 7) is 3.61. The van der Waals surface area contributed by atoms with Crippen molar-refractivity contribution in [1.29, 1.82) is 5.26 Å². The Morgan fingerprint density at radius 1 is 1.32 bits per heavy atom. The van der Waals surface area contributed by atoms with Crippen LogP contribution in [0, 0.1) is 18.3 Å². The van der Waals surface area contributed by atoms with E-state index < -0.39 is 0 Å². The third kappa shape index (κ3) is 3.61. The molecule has 0 unspecified atom stereocenters. The van der Waals surface area contributed by atoms with E-state index in [0.717, 1.165) is 47.7 Å². The normalized spacial score (nSPS) is 17.3. The average molecular weight is 372 g/mol. The summed E-state index contributed by atoms with van der Waals surface area (Å²) in [6, 6.07) is 6.65. The molecule has 0 spiro atoms. The molecule has 4 rings (SSSR count). The monoisotopic (exact) mass is 372 g/mol. The molecule has 2 aromatic heterocycles. The number of hydrogen-bond acceptors (Lipinski definition) is 6. The fourth-order valence-electron chi connectivity index (χ4n) is 3.66. The molecule has 142 valence electrons. The van der Waals surface area contributed by atoms with Crippen LogP contribution in [0.15, 0.2) is 35.7 Å². The maximum absolute atomic E-state index is 9.06. The van der Waals surface area contributed by atoms with Gasteiger partial charge in [0.05, 0.1) is 5.56 Å². The summed E-state index contributed by atoms with van der Waals surface area (Å²) in [7, 11) is 0. The first-order valence-electron chi connectivity index (χ1n) is 9.73. The lowest BCUT2D eigenvalue weighted by Gasteiger charge is -2.30. The van der Waals surface area contributed by atoms with E-state index in [1.165, 1.54) is 24.8 Å². The molecule has 0 amide bonds. The zero-order valence-electron chi connectivity index (χ0n) is 16.1. The van der Waals surface area contributed by atoms with Gasteiger partial charge in [-0.2, -0.15) is 5.26 Å². The van der Waals surface area contributed by atoms with Crippen LogP contribution in [0.25, 0.3) is 5.57 Å². The van der Waals surface area contributed by atoms with Gasteiger partial charge in [-0.1, -0.05) is 0 Å². The largest absolute Gasteiger partial charge is 0.404 e. The number of aromatic nitrogens is 2. The number of anilines is 1. The first kappa shape index (κ1) is 18.2. The second kappa shape index (κ2) is 7.81. The number of aliphatic imine (C=N–C) groups is 1. The summed E-state index contributed by atoms with van der Waals surface area (Å²) in [5.41, 5.74) is 11.7. The van der Waals surface area contributed by atoms with Crippen LogP contribution in [-0.2, 0) is 13.0 Å². The number of hydrogen-bond donors (Lipinski definition) is 1. The van der Waals surface area contributed by atoms with Gasteiger partial charge in [-0.3, -0.25) is 9.98 Å². The van der Waals surface area contributed by atoms with Crippen molar-refractivity contribution in [3.05, 3.63) is 58.7 Å². The van der Waals surface area contributed by atoms with E-state index in [-0.39, 0.29) is 0 Å². The molecule has 2 aromatic rings. The van der Waals surface area contributed by atoms with Crippen LogP contribution < -0.4 is 10.6 Å². The number of nitrogens with zero attached hydrogens (tertiary/aromatic N) is 5. The van der Waals surface area contributed by atoms with E-state index in [1.807, 2.05) is 25.4 Å². The Labute approximate surface area is 165 Å². The molecule has 1 fully saturated rings. The second-order valence-electron chi connectivity index (χ2n) is 7.46. The van der Waals surface area contributed by atoms with Crippen molar-refractivity contribution < 1.29 is 0 Å². The van der Waals surface area contributed by atoms with Crippen LogP contribution in [0.4, 0.5) is 5.82 Å². The quantitative estimate of drug-likeness (QED) is 0.833. The predicted molar refractivity (Wildman–Crippen MR) is 111 cm³/mol. The van der Waals surface area contributed by atoms with E-state index in [0.29, 0.717) is 11.6 Å². The highest BCUT2D eigenvalue weighted by molar-refractivity contribution is 6.09. The Kier molecular flexibility index (Phi) is 5.07. The van der Waals surface area contributed by atoms with Gasteiger partial charge >= 0.3 is 0 Å². The summed E-state index contributed by atoms with van der Waals surface area (Å²) < 4.78 is 0. The number of nitriles is 1. The van der Waals surface area contributed by atoms with E-state index in [9.17, 15) is 0 Å². The van der Waals surface area contributed by atoms with E-state index in [4.69, 9.17) is 11.0 Å². The molecule has 6 heteroatoms. The van der Waals surface area contributed by atoms with Gasteiger partial charge in [-0.05, 0) is 49.4 Å². The van der Waals surface area contributed by atoms with Crippen LogP contribution in [0.1, 0.15) is 47.2 Å². The highest BCUT2D eigenvalue weighted by atomic mass is 15.2. The molecular weight excluding hydrogens is 348 g/mol. The van der Waals surface area contributed by atoms with Gasteiger partial charge in [0.1, 0.15) is 11.9 Å². The van der Waals surface area contributed by atoms with Crippen molar-refractivity contribution >= 4 is 17.6 Å². The lowest BCUT2D eigenvalue weighted by Crippen LogP contribution is -2.32. The number of rotatable bonds is 4. The van der Waals surface area contributed by atoms with Crippen LogP contribution in [0.2, 0.25) is 0 Å². The van der Waals surface area contributed by atoms with Crippen molar-refractivity contribution in [3.8, 4) is 6.07 Å². The smallest absolute Gasteiger partial charge is 0.131 e.